The molecule has 17 heavy (non-hydrogen) atoms. The summed E-state index contributed by atoms with van der Waals surface area (Å²) >= 11 is 6.07. The topological polar surface area (TPSA) is 21.3 Å². The summed E-state index contributed by atoms with van der Waals surface area (Å²) in [7, 11) is 2.00. The van der Waals surface area contributed by atoms with Gasteiger partial charge in [0.25, 0.3) is 0 Å². The third-order valence-corrected chi connectivity index (χ3v) is 3.34. The smallest absolute Gasteiger partial charge is 0.122 e. The van der Waals surface area contributed by atoms with E-state index in [-0.39, 0.29) is 0 Å². The highest BCUT2D eigenvalue weighted by molar-refractivity contribution is 6.30. The molecule has 0 heterocycles. The SMILES string of the molecule is CNC1CC1c1cc(Cl)ccc1OCC(C)C. The van der Waals surface area contributed by atoms with Gasteiger partial charge in [-0.05, 0) is 37.6 Å². The molecule has 1 fully saturated rings. The van der Waals surface area contributed by atoms with Crippen LogP contribution >= 0.6 is 11.6 Å². The molecule has 1 N–H and O–H groups in total. The summed E-state index contributed by atoms with van der Waals surface area (Å²) in [5.74, 6) is 2.09. The second-order valence-corrected chi connectivity index (χ2v) is 5.56. The second-order valence-electron chi connectivity index (χ2n) is 5.12. The largest absolute Gasteiger partial charge is 0.493 e. The van der Waals surface area contributed by atoms with E-state index >= 15 is 0 Å². The normalized spacial score (nSPS) is 22.9. The highest BCUT2D eigenvalue weighted by Gasteiger charge is 2.38. The zero-order chi connectivity index (χ0) is 12.4. The Bertz CT molecular complexity index is 392. The van der Waals surface area contributed by atoms with Gasteiger partial charge < -0.3 is 10.1 Å². The average Bonchev–Trinajstić information content (AvgIpc) is 3.06. The maximum atomic E-state index is 6.07. The van der Waals surface area contributed by atoms with Crippen LogP contribution in [0.2, 0.25) is 5.02 Å². The maximum absolute atomic E-state index is 6.07. The molecule has 2 atom stereocenters. The third-order valence-electron chi connectivity index (χ3n) is 3.10. The first-order valence-corrected chi connectivity index (χ1v) is 6.59. The number of benzene rings is 1. The van der Waals surface area contributed by atoms with E-state index in [1.165, 1.54) is 12.0 Å². The van der Waals surface area contributed by atoms with E-state index in [2.05, 4.69) is 19.2 Å². The summed E-state index contributed by atoms with van der Waals surface area (Å²) in [6, 6.07) is 6.51. The molecule has 94 valence electrons. The van der Waals surface area contributed by atoms with Crippen LogP contribution in [0.25, 0.3) is 0 Å². The van der Waals surface area contributed by atoms with Gasteiger partial charge in [0.15, 0.2) is 0 Å². The Hall–Kier alpha value is -0.730. The molecule has 1 aromatic rings. The van der Waals surface area contributed by atoms with E-state index in [0.717, 1.165) is 17.4 Å². The third kappa shape index (κ3) is 3.14. The Morgan fingerprint density at radius 2 is 2.24 bits per heavy atom. The van der Waals surface area contributed by atoms with Crippen molar-refractivity contribution in [1.82, 2.24) is 5.32 Å². The van der Waals surface area contributed by atoms with Crippen LogP contribution < -0.4 is 10.1 Å². The van der Waals surface area contributed by atoms with E-state index in [1.54, 1.807) is 0 Å². The summed E-state index contributed by atoms with van der Waals surface area (Å²) < 4.78 is 5.86. The highest BCUT2D eigenvalue weighted by atomic mass is 35.5. The molecular weight excluding hydrogens is 234 g/mol. The van der Waals surface area contributed by atoms with Crippen LogP contribution in [0.3, 0.4) is 0 Å². The molecule has 0 aliphatic heterocycles. The Morgan fingerprint density at radius 1 is 1.47 bits per heavy atom. The molecule has 0 spiro atoms. The van der Waals surface area contributed by atoms with Gasteiger partial charge in [0.1, 0.15) is 5.75 Å². The van der Waals surface area contributed by atoms with E-state index in [9.17, 15) is 0 Å². The Labute approximate surface area is 108 Å². The standard InChI is InChI=1S/C14H20ClNO/c1-9(2)8-17-14-5-4-10(15)6-12(14)11-7-13(11)16-3/h4-6,9,11,13,16H,7-8H2,1-3H3. The summed E-state index contributed by atoms with van der Waals surface area (Å²) in [5, 5.41) is 4.09. The summed E-state index contributed by atoms with van der Waals surface area (Å²) in [6.45, 7) is 5.07. The van der Waals surface area contributed by atoms with Crippen molar-refractivity contribution >= 4 is 11.6 Å². The first-order valence-electron chi connectivity index (χ1n) is 6.21. The first-order chi connectivity index (χ1) is 8.11. The van der Waals surface area contributed by atoms with Crippen molar-refractivity contribution in [2.45, 2.75) is 32.2 Å². The maximum Gasteiger partial charge on any atom is 0.122 e. The van der Waals surface area contributed by atoms with Gasteiger partial charge in [0.2, 0.25) is 0 Å². The predicted molar refractivity (Wildman–Crippen MR) is 72.0 cm³/mol. The Kier molecular flexibility index (Phi) is 3.95. The fourth-order valence-electron chi connectivity index (χ4n) is 2.05. The van der Waals surface area contributed by atoms with Crippen molar-refractivity contribution in [3.05, 3.63) is 28.8 Å². The molecule has 0 radical (unpaired) electrons. The minimum atomic E-state index is 0.540. The Balaban J connectivity index is 2.14. The van der Waals surface area contributed by atoms with Gasteiger partial charge in [0.05, 0.1) is 6.61 Å². The molecular formula is C14H20ClNO. The zero-order valence-electron chi connectivity index (χ0n) is 10.7. The minimum absolute atomic E-state index is 0.540. The fourth-order valence-corrected chi connectivity index (χ4v) is 2.24. The van der Waals surface area contributed by atoms with Gasteiger partial charge in [-0.3, -0.25) is 0 Å². The van der Waals surface area contributed by atoms with Crippen LogP contribution in [-0.2, 0) is 0 Å². The van der Waals surface area contributed by atoms with Gasteiger partial charge in [-0.15, -0.1) is 0 Å². The number of nitrogens with one attached hydrogen (secondary N) is 1. The van der Waals surface area contributed by atoms with E-state index in [1.807, 2.05) is 25.2 Å². The van der Waals surface area contributed by atoms with Gasteiger partial charge in [0, 0.05) is 22.5 Å². The molecule has 1 aromatic carbocycles. The molecule has 1 aliphatic rings. The Morgan fingerprint density at radius 3 is 2.82 bits per heavy atom. The van der Waals surface area contributed by atoms with E-state index in [4.69, 9.17) is 16.3 Å². The van der Waals surface area contributed by atoms with Crippen LogP contribution in [0.5, 0.6) is 5.75 Å². The van der Waals surface area contributed by atoms with Crippen molar-refractivity contribution < 1.29 is 4.74 Å². The minimum Gasteiger partial charge on any atom is -0.493 e. The van der Waals surface area contributed by atoms with E-state index in [0.29, 0.717) is 17.9 Å². The van der Waals surface area contributed by atoms with Gasteiger partial charge in [-0.2, -0.15) is 0 Å². The summed E-state index contributed by atoms with van der Waals surface area (Å²) in [6.07, 6.45) is 1.18. The molecule has 2 unspecified atom stereocenters. The first kappa shape index (κ1) is 12.7. The van der Waals surface area contributed by atoms with Crippen LogP contribution in [-0.4, -0.2) is 19.7 Å². The van der Waals surface area contributed by atoms with Crippen molar-refractivity contribution in [1.29, 1.82) is 0 Å². The number of hydrogen-bond donors (Lipinski definition) is 1. The number of hydrogen-bond acceptors (Lipinski definition) is 2. The molecule has 2 rings (SSSR count). The van der Waals surface area contributed by atoms with Gasteiger partial charge in [-0.1, -0.05) is 25.4 Å². The lowest BCUT2D eigenvalue weighted by Gasteiger charge is -2.13. The number of rotatable bonds is 5. The summed E-state index contributed by atoms with van der Waals surface area (Å²) in [5.41, 5.74) is 1.25. The predicted octanol–water partition coefficient (Wildman–Crippen LogP) is 3.45. The van der Waals surface area contributed by atoms with Crippen LogP contribution in [0, 0.1) is 5.92 Å². The van der Waals surface area contributed by atoms with Crippen molar-refractivity contribution in [3.63, 3.8) is 0 Å². The van der Waals surface area contributed by atoms with Crippen LogP contribution in [0.4, 0.5) is 0 Å². The fraction of sp³-hybridized carbons (Fsp3) is 0.571. The quantitative estimate of drug-likeness (QED) is 0.868. The molecule has 0 amide bonds. The molecule has 0 bridgehead atoms. The zero-order valence-corrected chi connectivity index (χ0v) is 11.4. The van der Waals surface area contributed by atoms with Crippen LogP contribution in [0.1, 0.15) is 31.7 Å². The second kappa shape index (κ2) is 5.28. The van der Waals surface area contributed by atoms with Crippen molar-refractivity contribution in [2.24, 2.45) is 5.92 Å². The average molecular weight is 254 g/mol. The molecule has 1 aliphatic carbocycles. The lowest BCUT2D eigenvalue weighted by Crippen LogP contribution is -2.11. The van der Waals surface area contributed by atoms with Crippen LogP contribution in [0.15, 0.2) is 18.2 Å². The highest BCUT2D eigenvalue weighted by Crippen LogP contribution is 2.45. The number of ether oxygens (including phenoxy) is 1. The monoisotopic (exact) mass is 253 g/mol. The lowest BCUT2D eigenvalue weighted by atomic mass is 10.1. The molecule has 3 heteroatoms. The number of halogens is 1. The van der Waals surface area contributed by atoms with Crippen molar-refractivity contribution in [2.75, 3.05) is 13.7 Å². The van der Waals surface area contributed by atoms with Gasteiger partial charge in [-0.25, -0.2) is 0 Å². The van der Waals surface area contributed by atoms with Gasteiger partial charge >= 0.3 is 0 Å². The van der Waals surface area contributed by atoms with Crippen molar-refractivity contribution in [3.8, 4) is 5.75 Å². The molecule has 0 aromatic heterocycles. The number of likely N-dealkylation sites (N-methyl/N-ethyl adjacent to an activating group) is 1. The molecule has 1 saturated carbocycles. The molecule has 0 saturated heterocycles. The molecule has 2 nitrogen and oxygen atoms in total. The van der Waals surface area contributed by atoms with E-state index < -0.39 is 0 Å². The lowest BCUT2D eigenvalue weighted by molar-refractivity contribution is 0.268. The summed E-state index contributed by atoms with van der Waals surface area (Å²) in [4.78, 5) is 0.